The van der Waals surface area contributed by atoms with E-state index in [4.69, 9.17) is 5.11 Å². The summed E-state index contributed by atoms with van der Waals surface area (Å²) in [6.07, 6.45) is 1.63. The zero-order valence-corrected chi connectivity index (χ0v) is 9.73. The molecule has 1 amide bonds. The molecule has 0 aliphatic heterocycles. The lowest BCUT2D eigenvalue weighted by molar-refractivity contribution is -0.133. The number of nitrogens with zero attached hydrogens (tertiary/aromatic N) is 1. The fourth-order valence-electron chi connectivity index (χ4n) is 1.14. The second-order valence-corrected chi connectivity index (χ2v) is 3.56. The number of carboxylic acid groups (broad SMARTS) is 1. The summed E-state index contributed by atoms with van der Waals surface area (Å²) in [5.41, 5.74) is 0.971. The van der Waals surface area contributed by atoms with Gasteiger partial charge < -0.3 is 10.4 Å². The van der Waals surface area contributed by atoms with Crippen LogP contribution in [0.1, 0.15) is 19.5 Å². The molecule has 5 nitrogen and oxygen atoms in total. The monoisotopic (exact) mass is 234 g/mol. The number of carbonyl (C=O) groups excluding carboxylic acids is 1. The minimum Gasteiger partial charge on any atom is -0.478 e. The Labute approximate surface area is 99.2 Å². The highest BCUT2D eigenvalue weighted by Crippen LogP contribution is 2.04. The van der Waals surface area contributed by atoms with Crippen molar-refractivity contribution in [3.05, 3.63) is 41.2 Å². The summed E-state index contributed by atoms with van der Waals surface area (Å²) >= 11 is 0. The Hall–Kier alpha value is -2.17. The standard InChI is InChI=1S/C12H14N2O3/c1-8(9(2)12(16)17)11(15)14-7-10-5-3-4-6-13-10/h3-6H,7H2,1-2H3,(H,14,15)(H,16,17). The van der Waals surface area contributed by atoms with Crippen LogP contribution in [0.3, 0.4) is 0 Å². The maximum Gasteiger partial charge on any atom is 0.331 e. The Bertz CT molecular complexity index is 452. The minimum atomic E-state index is -1.09. The summed E-state index contributed by atoms with van der Waals surface area (Å²) in [6, 6.07) is 5.38. The molecule has 2 N–H and O–H groups in total. The van der Waals surface area contributed by atoms with Crippen molar-refractivity contribution in [3.8, 4) is 0 Å². The number of pyridine rings is 1. The second kappa shape index (κ2) is 5.79. The predicted molar refractivity (Wildman–Crippen MR) is 62.1 cm³/mol. The molecule has 1 heterocycles. The number of rotatable bonds is 4. The quantitative estimate of drug-likeness (QED) is 0.765. The Kier molecular flexibility index (Phi) is 4.39. The molecule has 0 saturated carbocycles. The van der Waals surface area contributed by atoms with E-state index in [1.807, 2.05) is 6.07 Å². The summed E-state index contributed by atoms with van der Waals surface area (Å²) in [5, 5.41) is 11.3. The first-order valence-corrected chi connectivity index (χ1v) is 5.11. The number of hydrogen-bond donors (Lipinski definition) is 2. The normalized spacial score (nSPS) is 11.6. The third-order valence-electron chi connectivity index (χ3n) is 2.38. The van der Waals surface area contributed by atoms with Crippen molar-refractivity contribution in [2.45, 2.75) is 20.4 Å². The first-order valence-electron chi connectivity index (χ1n) is 5.11. The van der Waals surface area contributed by atoms with Gasteiger partial charge in [-0.2, -0.15) is 0 Å². The molecule has 0 bridgehead atoms. The average molecular weight is 234 g/mol. The molecule has 1 rings (SSSR count). The van der Waals surface area contributed by atoms with E-state index in [9.17, 15) is 9.59 Å². The van der Waals surface area contributed by atoms with Gasteiger partial charge in [-0.05, 0) is 26.0 Å². The van der Waals surface area contributed by atoms with Gasteiger partial charge in [0.15, 0.2) is 0 Å². The lowest BCUT2D eigenvalue weighted by atomic mass is 10.1. The largest absolute Gasteiger partial charge is 0.478 e. The zero-order valence-electron chi connectivity index (χ0n) is 9.73. The fourth-order valence-corrected chi connectivity index (χ4v) is 1.14. The van der Waals surface area contributed by atoms with Gasteiger partial charge in [0.1, 0.15) is 0 Å². The lowest BCUT2D eigenvalue weighted by Crippen LogP contribution is -2.25. The third-order valence-corrected chi connectivity index (χ3v) is 2.38. The van der Waals surface area contributed by atoms with Gasteiger partial charge in [0.05, 0.1) is 12.2 Å². The molecule has 0 spiro atoms. The van der Waals surface area contributed by atoms with Gasteiger partial charge in [-0.3, -0.25) is 9.78 Å². The number of hydrogen-bond acceptors (Lipinski definition) is 3. The second-order valence-electron chi connectivity index (χ2n) is 3.56. The summed E-state index contributed by atoms with van der Waals surface area (Å²) in [5.74, 6) is -1.48. The van der Waals surface area contributed by atoms with Gasteiger partial charge >= 0.3 is 5.97 Å². The molecule has 0 radical (unpaired) electrons. The summed E-state index contributed by atoms with van der Waals surface area (Å²) in [4.78, 5) is 26.3. The molecule has 0 atom stereocenters. The maximum absolute atomic E-state index is 11.6. The molecule has 0 unspecified atom stereocenters. The molecule has 0 aliphatic rings. The third kappa shape index (κ3) is 3.71. The fraction of sp³-hybridized carbons (Fsp3) is 0.250. The Balaban J connectivity index is 2.62. The number of aliphatic carboxylic acids is 1. The van der Waals surface area contributed by atoms with E-state index in [-0.39, 0.29) is 17.7 Å². The van der Waals surface area contributed by atoms with Crippen LogP contribution in [0.5, 0.6) is 0 Å². The molecule has 1 aromatic heterocycles. The summed E-state index contributed by atoms with van der Waals surface area (Å²) in [7, 11) is 0. The highest BCUT2D eigenvalue weighted by molar-refractivity contribution is 6.01. The van der Waals surface area contributed by atoms with Crippen LogP contribution in [0.25, 0.3) is 0 Å². The highest BCUT2D eigenvalue weighted by Gasteiger charge is 2.12. The molecular weight excluding hydrogens is 220 g/mol. The van der Waals surface area contributed by atoms with E-state index >= 15 is 0 Å². The Morgan fingerprint density at radius 3 is 2.53 bits per heavy atom. The van der Waals surface area contributed by atoms with Crippen molar-refractivity contribution in [1.29, 1.82) is 0 Å². The van der Waals surface area contributed by atoms with Gasteiger partial charge in [-0.25, -0.2) is 4.79 Å². The highest BCUT2D eigenvalue weighted by atomic mass is 16.4. The van der Waals surface area contributed by atoms with Crippen molar-refractivity contribution >= 4 is 11.9 Å². The first kappa shape index (κ1) is 12.9. The van der Waals surface area contributed by atoms with E-state index in [2.05, 4.69) is 10.3 Å². The predicted octanol–water partition coefficient (Wildman–Crippen LogP) is 1.12. The number of nitrogens with one attached hydrogen (secondary N) is 1. The van der Waals surface area contributed by atoms with Crippen LogP contribution in [0.4, 0.5) is 0 Å². The van der Waals surface area contributed by atoms with Crippen LogP contribution in [0, 0.1) is 0 Å². The van der Waals surface area contributed by atoms with Crippen molar-refractivity contribution in [3.63, 3.8) is 0 Å². The van der Waals surface area contributed by atoms with Crippen LogP contribution in [0.2, 0.25) is 0 Å². The van der Waals surface area contributed by atoms with E-state index in [0.717, 1.165) is 5.69 Å². The molecule has 90 valence electrons. The Morgan fingerprint density at radius 2 is 2.00 bits per heavy atom. The number of aromatic nitrogens is 1. The van der Waals surface area contributed by atoms with Crippen molar-refractivity contribution in [1.82, 2.24) is 10.3 Å². The summed E-state index contributed by atoms with van der Waals surface area (Å²) in [6.45, 7) is 3.17. The van der Waals surface area contributed by atoms with Crippen molar-refractivity contribution in [2.75, 3.05) is 0 Å². The smallest absolute Gasteiger partial charge is 0.331 e. The zero-order chi connectivity index (χ0) is 12.8. The van der Waals surface area contributed by atoms with E-state index in [1.54, 1.807) is 18.3 Å². The molecule has 0 fully saturated rings. The van der Waals surface area contributed by atoms with Crippen molar-refractivity contribution < 1.29 is 14.7 Å². The van der Waals surface area contributed by atoms with Crippen LogP contribution in [0.15, 0.2) is 35.5 Å². The maximum atomic E-state index is 11.6. The SMILES string of the molecule is CC(C(=O)O)=C(C)C(=O)NCc1ccccn1. The van der Waals surface area contributed by atoms with Gasteiger partial charge in [0.25, 0.3) is 0 Å². The molecule has 1 aromatic rings. The first-order chi connectivity index (χ1) is 8.02. The minimum absolute atomic E-state index is 0.0449. The van der Waals surface area contributed by atoms with E-state index < -0.39 is 11.9 Å². The summed E-state index contributed by atoms with van der Waals surface area (Å²) < 4.78 is 0. The Morgan fingerprint density at radius 1 is 1.29 bits per heavy atom. The topological polar surface area (TPSA) is 79.3 Å². The van der Waals surface area contributed by atoms with Gasteiger partial charge in [-0.15, -0.1) is 0 Å². The molecule has 5 heteroatoms. The number of carboxylic acids is 1. The molecule has 0 saturated heterocycles. The molecular formula is C12H14N2O3. The molecule has 0 aromatic carbocycles. The average Bonchev–Trinajstić information content (AvgIpc) is 2.35. The number of carbonyl (C=O) groups is 2. The van der Waals surface area contributed by atoms with Gasteiger partial charge in [-0.1, -0.05) is 6.07 Å². The van der Waals surface area contributed by atoms with E-state index in [1.165, 1.54) is 13.8 Å². The van der Waals surface area contributed by atoms with Gasteiger partial charge in [0.2, 0.25) is 5.91 Å². The molecule has 0 aliphatic carbocycles. The molecule has 17 heavy (non-hydrogen) atoms. The van der Waals surface area contributed by atoms with Crippen LogP contribution in [-0.4, -0.2) is 22.0 Å². The van der Waals surface area contributed by atoms with Crippen molar-refractivity contribution in [2.24, 2.45) is 0 Å². The van der Waals surface area contributed by atoms with Crippen LogP contribution < -0.4 is 5.32 Å². The lowest BCUT2D eigenvalue weighted by Gasteiger charge is -2.06. The van der Waals surface area contributed by atoms with Crippen LogP contribution in [-0.2, 0) is 16.1 Å². The van der Waals surface area contributed by atoms with Gasteiger partial charge in [0, 0.05) is 17.3 Å². The van der Waals surface area contributed by atoms with E-state index in [0.29, 0.717) is 0 Å². The number of amides is 1. The van der Waals surface area contributed by atoms with Crippen LogP contribution >= 0.6 is 0 Å².